The maximum absolute atomic E-state index is 12.5. The number of phenols is 2. The fourth-order valence-electron chi connectivity index (χ4n) is 12.1. The molecule has 0 aromatic heterocycles. The molecule has 0 bridgehead atoms. The Morgan fingerprint density at radius 1 is 1.02 bits per heavy atom. The van der Waals surface area contributed by atoms with Gasteiger partial charge in [-0.05, 0) is 110 Å². The standard InChI is InChI=1S/C41H48O12/c1-18-30(19(2)43)35(45)33-24(34(18)44)9-21(38(48)49)10-28(33)52-39-36(46)37(47)41(29(14-42)53-39)13-26-25-12-40(7-3-4-8-40)11-22-15-50-17-27(32(22)25)23-6-5-20(16-51-41)31(23)26/h6,9-10,22,25-27,29,32,36-37,39,42,44-47H,3-5,7-8,11-17H2,1-2H3,(H,48,49). The van der Waals surface area contributed by atoms with Crippen LogP contribution in [0.3, 0.4) is 0 Å². The van der Waals surface area contributed by atoms with Crippen molar-refractivity contribution in [3.8, 4) is 17.2 Å². The van der Waals surface area contributed by atoms with Gasteiger partial charge in [-0.25, -0.2) is 4.79 Å². The molecule has 10 atom stereocenters. The Bertz CT molecular complexity index is 1960. The van der Waals surface area contributed by atoms with Gasteiger partial charge in [0.15, 0.2) is 5.78 Å². The molecule has 9 rings (SSSR count). The highest BCUT2D eigenvalue weighted by molar-refractivity contribution is 6.11. The third-order valence-corrected chi connectivity index (χ3v) is 14.3. The zero-order valence-corrected chi connectivity index (χ0v) is 30.0. The molecule has 3 heterocycles. The summed E-state index contributed by atoms with van der Waals surface area (Å²) in [5.41, 5.74) is 2.14. The Hall–Kier alpha value is -3.52. The summed E-state index contributed by atoms with van der Waals surface area (Å²) in [7, 11) is 0. The van der Waals surface area contributed by atoms with Crippen LogP contribution < -0.4 is 4.74 Å². The van der Waals surface area contributed by atoms with Crippen LogP contribution in [0.5, 0.6) is 17.2 Å². The fourth-order valence-corrected chi connectivity index (χ4v) is 12.1. The average molecular weight is 733 g/mol. The number of Topliss-reactive ketones (excluding diaryl/α,β-unsaturated/α-hetero) is 1. The van der Waals surface area contributed by atoms with Crippen LogP contribution >= 0.6 is 0 Å². The molecule has 10 unspecified atom stereocenters. The quantitative estimate of drug-likeness (QED) is 0.186. The Labute approximate surface area is 307 Å². The predicted octanol–water partition coefficient (Wildman–Crippen LogP) is 4.54. The van der Waals surface area contributed by atoms with E-state index in [2.05, 4.69) is 6.08 Å². The monoisotopic (exact) mass is 732 g/mol. The second-order valence-corrected chi connectivity index (χ2v) is 16.9. The van der Waals surface area contributed by atoms with Gasteiger partial charge in [-0.2, -0.15) is 0 Å². The topological polar surface area (TPSA) is 192 Å². The number of aromatic hydroxyl groups is 2. The summed E-state index contributed by atoms with van der Waals surface area (Å²) in [6.07, 6.45) is 4.41. The highest BCUT2D eigenvalue weighted by Crippen LogP contribution is 2.66. The SMILES string of the molecule is CC(=O)c1c(C)c(O)c2cc(C(=O)O)cc(OC3OC(CO)C4(CC5C6=C(CC=C6C6COCC7CC8(CCCC8)CC5C76)CO4)C(O)C3O)c2c1O. The van der Waals surface area contributed by atoms with Gasteiger partial charge in [0.25, 0.3) is 0 Å². The minimum atomic E-state index is -1.74. The third kappa shape index (κ3) is 5.09. The van der Waals surface area contributed by atoms with Gasteiger partial charge in [-0.15, -0.1) is 0 Å². The average Bonchev–Trinajstić information content (AvgIpc) is 3.73. The second-order valence-electron chi connectivity index (χ2n) is 16.9. The first-order chi connectivity index (χ1) is 25.4. The highest BCUT2D eigenvalue weighted by atomic mass is 16.7. The number of hydrogen-bond acceptors (Lipinski definition) is 11. The van der Waals surface area contributed by atoms with Crippen LogP contribution in [0, 0.1) is 41.9 Å². The molecule has 2 saturated heterocycles. The van der Waals surface area contributed by atoms with Crippen molar-refractivity contribution in [3.05, 3.63) is 51.6 Å². The molecule has 12 heteroatoms. The van der Waals surface area contributed by atoms with Crippen molar-refractivity contribution in [1.29, 1.82) is 0 Å². The van der Waals surface area contributed by atoms with Crippen LogP contribution in [-0.4, -0.2) is 99.0 Å². The predicted molar refractivity (Wildman–Crippen MR) is 189 cm³/mol. The number of rotatable bonds is 5. The fraction of sp³-hybridized carbons (Fsp3) is 0.610. The number of fused-ring (bicyclic) bond motifs is 3. The number of carboxylic acids is 1. The number of phenolic OH excluding ortho intramolecular Hbond substituents is 2. The van der Waals surface area contributed by atoms with Crippen molar-refractivity contribution < 1.29 is 59.2 Å². The molecule has 0 radical (unpaired) electrons. The van der Waals surface area contributed by atoms with Crippen molar-refractivity contribution in [2.24, 2.45) is 35.0 Å². The lowest BCUT2D eigenvalue weighted by Gasteiger charge is -2.59. The molecule has 6 N–H and O–H groups in total. The number of carboxylic acid groups (broad SMARTS) is 1. The number of ketones is 1. The smallest absolute Gasteiger partial charge is 0.335 e. The van der Waals surface area contributed by atoms with Crippen molar-refractivity contribution in [2.45, 2.75) is 95.4 Å². The molecule has 2 spiro atoms. The van der Waals surface area contributed by atoms with Gasteiger partial charge in [-0.1, -0.05) is 18.9 Å². The second kappa shape index (κ2) is 12.5. The minimum absolute atomic E-state index is 0.0159. The van der Waals surface area contributed by atoms with Crippen LogP contribution in [0.25, 0.3) is 10.8 Å². The molecule has 284 valence electrons. The van der Waals surface area contributed by atoms with E-state index in [1.807, 2.05) is 0 Å². The Morgan fingerprint density at radius 2 is 1.79 bits per heavy atom. The lowest BCUT2D eigenvalue weighted by atomic mass is 9.48. The number of ether oxygens (including phenoxy) is 4. The minimum Gasteiger partial charge on any atom is -0.507 e. The summed E-state index contributed by atoms with van der Waals surface area (Å²) in [6.45, 7) is 3.74. The van der Waals surface area contributed by atoms with Crippen molar-refractivity contribution in [3.63, 3.8) is 0 Å². The Balaban J connectivity index is 1.09. The summed E-state index contributed by atoms with van der Waals surface area (Å²) in [5, 5.41) is 67.1. The molecule has 4 aliphatic carbocycles. The molecule has 12 nitrogen and oxygen atoms in total. The molecule has 7 aliphatic rings. The van der Waals surface area contributed by atoms with E-state index < -0.39 is 60.1 Å². The molecular formula is C41H48O12. The number of allylic oxidation sites excluding steroid dienone is 2. The molecule has 3 saturated carbocycles. The zero-order valence-electron chi connectivity index (χ0n) is 30.0. The van der Waals surface area contributed by atoms with E-state index in [0.717, 1.165) is 37.2 Å². The zero-order chi connectivity index (χ0) is 37.1. The largest absolute Gasteiger partial charge is 0.507 e. The van der Waals surface area contributed by atoms with Crippen molar-refractivity contribution >= 4 is 22.5 Å². The van der Waals surface area contributed by atoms with E-state index in [4.69, 9.17) is 18.9 Å². The lowest BCUT2D eigenvalue weighted by molar-refractivity contribution is -0.326. The van der Waals surface area contributed by atoms with E-state index in [0.29, 0.717) is 36.7 Å². The maximum atomic E-state index is 12.5. The first-order valence-corrected chi connectivity index (χ1v) is 19.1. The van der Waals surface area contributed by atoms with Gasteiger partial charge in [0.1, 0.15) is 41.2 Å². The van der Waals surface area contributed by atoms with E-state index >= 15 is 0 Å². The highest BCUT2D eigenvalue weighted by Gasteiger charge is 2.64. The number of aliphatic hydroxyl groups is 3. The van der Waals surface area contributed by atoms with Crippen LogP contribution in [0.2, 0.25) is 0 Å². The number of carbonyl (C=O) groups is 2. The maximum Gasteiger partial charge on any atom is 0.335 e. The van der Waals surface area contributed by atoms with Gasteiger partial charge < -0.3 is 49.6 Å². The van der Waals surface area contributed by atoms with Crippen molar-refractivity contribution in [1.82, 2.24) is 0 Å². The summed E-state index contributed by atoms with van der Waals surface area (Å²) in [5.74, 6) is -1.63. The lowest BCUT2D eigenvalue weighted by Crippen LogP contribution is -2.69. The molecule has 3 aliphatic heterocycles. The number of aromatic carboxylic acids is 1. The van der Waals surface area contributed by atoms with Gasteiger partial charge in [0.2, 0.25) is 6.29 Å². The molecule has 0 amide bonds. The third-order valence-electron chi connectivity index (χ3n) is 14.3. The summed E-state index contributed by atoms with van der Waals surface area (Å²) in [6, 6.07) is 2.25. The molecule has 5 fully saturated rings. The Morgan fingerprint density at radius 3 is 2.51 bits per heavy atom. The number of hydrogen-bond donors (Lipinski definition) is 6. The number of carbonyl (C=O) groups excluding carboxylic acids is 1. The van der Waals surface area contributed by atoms with E-state index in [9.17, 15) is 40.2 Å². The first-order valence-electron chi connectivity index (χ1n) is 19.1. The van der Waals surface area contributed by atoms with Crippen LogP contribution in [0.1, 0.15) is 84.6 Å². The van der Waals surface area contributed by atoms with E-state index in [1.165, 1.54) is 57.1 Å². The summed E-state index contributed by atoms with van der Waals surface area (Å²) >= 11 is 0. The number of benzene rings is 2. The van der Waals surface area contributed by atoms with Crippen molar-refractivity contribution in [2.75, 3.05) is 26.4 Å². The number of aliphatic hydroxyl groups excluding tert-OH is 3. The summed E-state index contributed by atoms with van der Waals surface area (Å²) < 4.78 is 25.5. The van der Waals surface area contributed by atoms with Crippen LogP contribution in [0.4, 0.5) is 0 Å². The van der Waals surface area contributed by atoms with Gasteiger partial charge >= 0.3 is 5.97 Å². The Kier molecular flexibility index (Phi) is 8.31. The van der Waals surface area contributed by atoms with Crippen LogP contribution in [0.15, 0.2) is 34.9 Å². The molecule has 2 aromatic carbocycles. The van der Waals surface area contributed by atoms with E-state index in [1.54, 1.807) is 0 Å². The molecule has 53 heavy (non-hydrogen) atoms. The normalized spacial score (nSPS) is 37.0. The van der Waals surface area contributed by atoms with E-state index in [-0.39, 0.29) is 51.2 Å². The van der Waals surface area contributed by atoms with Crippen LogP contribution in [-0.2, 0) is 14.2 Å². The molecular weight excluding hydrogens is 684 g/mol. The van der Waals surface area contributed by atoms with Gasteiger partial charge in [0.05, 0.1) is 36.3 Å². The molecule has 2 aromatic rings. The van der Waals surface area contributed by atoms with Gasteiger partial charge in [-0.3, -0.25) is 4.79 Å². The van der Waals surface area contributed by atoms with Gasteiger partial charge in [0, 0.05) is 23.5 Å². The first kappa shape index (κ1) is 35.2. The summed E-state index contributed by atoms with van der Waals surface area (Å²) in [4.78, 5) is 24.7.